The normalized spacial score (nSPS) is 16.9. The number of amides is 1. The number of rotatable bonds is 8. The number of hydrogen-bond acceptors (Lipinski definition) is 3. The molecule has 0 radical (unpaired) electrons. The van der Waals surface area contributed by atoms with Gasteiger partial charge in [0.15, 0.2) is 0 Å². The van der Waals surface area contributed by atoms with Crippen LogP contribution in [0.15, 0.2) is 47.1 Å². The van der Waals surface area contributed by atoms with Crippen molar-refractivity contribution >= 4 is 5.91 Å². The fourth-order valence-corrected chi connectivity index (χ4v) is 3.49. The van der Waals surface area contributed by atoms with E-state index in [1.54, 1.807) is 25.5 Å². The van der Waals surface area contributed by atoms with Gasteiger partial charge in [0.25, 0.3) is 0 Å². The molecule has 0 saturated heterocycles. The van der Waals surface area contributed by atoms with Crippen LogP contribution in [0.3, 0.4) is 0 Å². The maximum atomic E-state index is 13.2. The quantitative estimate of drug-likeness (QED) is 0.790. The minimum absolute atomic E-state index is 0.0179. The van der Waals surface area contributed by atoms with Gasteiger partial charge in [-0.1, -0.05) is 18.6 Å². The topological polar surface area (TPSA) is 51.5 Å². The summed E-state index contributed by atoms with van der Waals surface area (Å²) >= 11 is 0. The molecule has 1 atom stereocenters. The van der Waals surface area contributed by atoms with E-state index in [-0.39, 0.29) is 23.1 Å². The number of hydrogen-bond donors (Lipinski definition) is 1. The predicted octanol–water partition coefficient (Wildman–Crippen LogP) is 3.87. The molecule has 3 rings (SSSR count). The molecule has 25 heavy (non-hydrogen) atoms. The van der Waals surface area contributed by atoms with Crippen molar-refractivity contribution in [3.05, 3.63) is 59.8 Å². The van der Waals surface area contributed by atoms with Crippen LogP contribution >= 0.6 is 0 Å². The summed E-state index contributed by atoms with van der Waals surface area (Å²) in [4.78, 5) is 12.5. The Balaban J connectivity index is 1.63. The lowest BCUT2D eigenvalue weighted by Crippen LogP contribution is -2.48. The highest BCUT2D eigenvalue weighted by Gasteiger charge is 2.43. The maximum Gasteiger partial charge on any atom is 0.228 e. The van der Waals surface area contributed by atoms with Crippen LogP contribution in [0.5, 0.6) is 0 Å². The van der Waals surface area contributed by atoms with E-state index in [1.165, 1.54) is 12.1 Å². The van der Waals surface area contributed by atoms with Gasteiger partial charge in [0.2, 0.25) is 5.91 Å². The van der Waals surface area contributed by atoms with Gasteiger partial charge in [-0.3, -0.25) is 4.79 Å². The summed E-state index contributed by atoms with van der Waals surface area (Å²) < 4.78 is 24.0. The first-order chi connectivity index (χ1) is 12.1. The fourth-order valence-electron chi connectivity index (χ4n) is 3.49. The zero-order chi connectivity index (χ0) is 17.7. The second kappa shape index (κ2) is 7.83. The van der Waals surface area contributed by atoms with Crippen molar-refractivity contribution < 1.29 is 18.3 Å². The highest BCUT2D eigenvalue weighted by molar-refractivity contribution is 5.83. The van der Waals surface area contributed by atoms with E-state index >= 15 is 0 Å². The van der Waals surface area contributed by atoms with Gasteiger partial charge in [-0.05, 0) is 49.1 Å². The standard InChI is InChI=1S/C20H24FNO3/c1-24-14-20(10-3-11-20)19(23)22-12-9-17(18-4-2-13-25-18)15-5-7-16(21)8-6-15/h2,4-8,13,17H,3,9-12,14H2,1H3,(H,22,23)/t17-/m0/s1. The van der Waals surface area contributed by atoms with Gasteiger partial charge in [0.1, 0.15) is 11.6 Å². The molecule has 1 N–H and O–H groups in total. The molecule has 1 aromatic carbocycles. The molecule has 1 aliphatic carbocycles. The van der Waals surface area contributed by atoms with Crippen LogP contribution in [-0.4, -0.2) is 26.2 Å². The highest BCUT2D eigenvalue weighted by atomic mass is 19.1. The molecular weight excluding hydrogens is 321 g/mol. The van der Waals surface area contributed by atoms with Crippen LogP contribution in [-0.2, 0) is 9.53 Å². The summed E-state index contributed by atoms with van der Waals surface area (Å²) in [6.45, 7) is 1.01. The third kappa shape index (κ3) is 3.93. The number of methoxy groups -OCH3 is 1. The first kappa shape index (κ1) is 17.7. The smallest absolute Gasteiger partial charge is 0.228 e. The maximum absolute atomic E-state index is 13.2. The molecular formula is C20H24FNO3. The Morgan fingerprint density at radius 3 is 2.64 bits per heavy atom. The number of halogens is 1. The molecule has 1 fully saturated rings. The molecule has 0 spiro atoms. The van der Waals surface area contributed by atoms with E-state index in [1.807, 2.05) is 12.1 Å². The second-order valence-electron chi connectivity index (χ2n) is 6.73. The van der Waals surface area contributed by atoms with Gasteiger partial charge >= 0.3 is 0 Å². The lowest BCUT2D eigenvalue weighted by Gasteiger charge is -2.39. The Morgan fingerprint density at radius 2 is 2.08 bits per heavy atom. The molecule has 4 nitrogen and oxygen atoms in total. The van der Waals surface area contributed by atoms with Gasteiger partial charge in [-0.25, -0.2) is 4.39 Å². The molecule has 0 bridgehead atoms. The Labute approximate surface area is 147 Å². The number of benzene rings is 1. The van der Waals surface area contributed by atoms with E-state index in [9.17, 15) is 9.18 Å². The predicted molar refractivity (Wildman–Crippen MR) is 92.7 cm³/mol. The lowest BCUT2D eigenvalue weighted by atomic mass is 9.68. The average molecular weight is 345 g/mol. The van der Waals surface area contributed by atoms with E-state index in [4.69, 9.17) is 9.15 Å². The van der Waals surface area contributed by atoms with E-state index in [0.717, 1.165) is 30.6 Å². The molecule has 134 valence electrons. The number of carbonyl (C=O) groups excluding carboxylic acids is 1. The minimum atomic E-state index is -0.356. The number of carbonyl (C=O) groups is 1. The lowest BCUT2D eigenvalue weighted by molar-refractivity contribution is -0.140. The molecule has 2 aromatic rings. The fraction of sp³-hybridized carbons (Fsp3) is 0.450. The summed E-state index contributed by atoms with van der Waals surface area (Å²) in [5, 5.41) is 3.05. The SMILES string of the molecule is COCC1(C(=O)NCC[C@@H](c2ccc(F)cc2)c2ccco2)CCC1. The largest absolute Gasteiger partial charge is 0.469 e. The Bertz CT molecular complexity index is 677. The first-order valence-corrected chi connectivity index (χ1v) is 8.71. The van der Waals surface area contributed by atoms with Crippen molar-refractivity contribution in [1.82, 2.24) is 5.32 Å². The van der Waals surface area contributed by atoms with Gasteiger partial charge in [0, 0.05) is 19.6 Å². The van der Waals surface area contributed by atoms with E-state index in [0.29, 0.717) is 19.6 Å². The first-order valence-electron chi connectivity index (χ1n) is 8.71. The third-order valence-electron chi connectivity index (χ3n) is 5.09. The van der Waals surface area contributed by atoms with Gasteiger partial charge in [-0.15, -0.1) is 0 Å². The van der Waals surface area contributed by atoms with Gasteiger partial charge in [-0.2, -0.15) is 0 Å². The Morgan fingerprint density at radius 1 is 1.32 bits per heavy atom. The van der Waals surface area contributed by atoms with Crippen molar-refractivity contribution in [1.29, 1.82) is 0 Å². The van der Waals surface area contributed by atoms with Crippen molar-refractivity contribution in [2.45, 2.75) is 31.6 Å². The molecule has 1 heterocycles. The zero-order valence-corrected chi connectivity index (χ0v) is 14.5. The van der Waals surface area contributed by atoms with E-state index < -0.39 is 0 Å². The van der Waals surface area contributed by atoms with Gasteiger partial charge < -0.3 is 14.5 Å². The van der Waals surface area contributed by atoms with Crippen LogP contribution < -0.4 is 5.32 Å². The number of nitrogens with one attached hydrogen (secondary N) is 1. The minimum Gasteiger partial charge on any atom is -0.469 e. The number of furan rings is 1. The molecule has 1 aromatic heterocycles. The average Bonchev–Trinajstić information content (AvgIpc) is 3.10. The molecule has 1 saturated carbocycles. The molecule has 1 aliphatic rings. The molecule has 0 unspecified atom stereocenters. The summed E-state index contributed by atoms with van der Waals surface area (Å²) in [5.41, 5.74) is 0.617. The highest BCUT2D eigenvalue weighted by Crippen LogP contribution is 2.41. The van der Waals surface area contributed by atoms with Crippen LogP contribution in [0.1, 0.15) is 42.9 Å². The van der Waals surface area contributed by atoms with Crippen LogP contribution in [0, 0.1) is 11.2 Å². The number of ether oxygens (including phenoxy) is 1. The summed E-state index contributed by atoms with van der Waals surface area (Å²) in [6.07, 6.45) is 5.15. The molecule has 1 amide bonds. The third-order valence-corrected chi connectivity index (χ3v) is 5.09. The van der Waals surface area contributed by atoms with Crippen LogP contribution in [0.4, 0.5) is 4.39 Å². The Hall–Kier alpha value is -2.14. The van der Waals surface area contributed by atoms with Crippen molar-refractivity contribution in [2.75, 3.05) is 20.3 Å². The molecule has 5 heteroatoms. The molecule has 0 aliphatic heterocycles. The van der Waals surface area contributed by atoms with Crippen LogP contribution in [0.2, 0.25) is 0 Å². The van der Waals surface area contributed by atoms with E-state index in [2.05, 4.69) is 5.32 Å². The monoisotopic (exact) mass is 345 g/mol. The Kier molecular flexibility index (Phi) is 5.53. The second-order valence-corrected chi connectivity index (χ2v) is 6.73. The zero-order valence-electron chi connectivity index (χ0n) is 14.5. The summed E-state index contributed by atoms with van der Waals surface area (Å²) in [6, 6.07) is 10.2. The van der Waals surface area contributed by atoms with Crippen molar-refractivity contribution in [2.24, 2.45) is 5.41 Å². The summed E-state index contributed by atoms with van der Waals surface area (Å²) in [7, 11) is 1.63. The van der Waals surface area contributed by atoms with Crippen molar-refractivity contribution in [3.8, 4) is 0 Å². The van der Waals surface area contributed by atoms with Crippen molar-refractivity contribution in [3.63, 3.8) is 0 Å². The van der Waals surface area contributed by atoms with Gasteiger partial charge in [0.05, 0.1) is 18.3 Å². The summed E-state index contributed by atoms with van der Waals surface area (Å²) in [5.74, 6) is 0.603. The van der Waals surface area contributed by atoms with Crippen LogP contribution in [0.25, 0.3) is 0 Å².